The normalized spacial score (nSPS) is 8.38. The molecule has 2 rings (SSSR count). The maximum absolute atomic E-state index is 3.42. The first-order chi connectivity index (χ1) is 5.40. The van der Waals surface area contributed by atoms with Crippen LogP contribution in [0.4, 0.5) is 0 Å². The molecular weight excluding hydrogens is 284 g/mol. The van der Waals surface area contributed by atoms with Crippen LogP contribution in [0.15, 0.2) is 30.3 Å². The quantitative estimate of drug-likeness (QED) is 0.551. The van der Waals surface area contributed by atoms with Gasteiger partial charge in [-0.15, -0.1) is 0 Å². The van der Waals surface area contributed by atoms with E-state index in [4.69, 9.17) is 0 Å². The number of aromatic amines is 1. The van der Waals surface area contributed by atoms with Crippen molar-refractivity contribution in [1.29, 1.82) is 0 Å². The molecule has 0 aliphatic carbocycles. The van der Waals surface area contributed by atoms with E-state index in [2.05, 4.69) is 39.9 Å². The number of fused-ring (bicyclic) bond motifs is 1. The molecule has 1 heterocycles. The maximum atomic E-state index is 3.42. The molecule has 0 fully saturated rings. The van der Waals surface area contributed by atoms with E-state index in [0.717, 1.165) is 0 Å². The molecule has 0 atom stereocenters. The summed E-state index contributed by atoms with van der Waals surface area (Å²) in [5.41, 5.74) is 1.28. The summed E-state index contributed by atoms with van der Waals surface area (Å²) in [6, 6.07) is 10.7. The van der Waals surface area contributed by atoms with Crippen molar-refractivity contribution in [2.24, 2.45) is 0 Å². The molecule has 1 N–H and O–H groups in total. The van der Waals surface area contributed by atoms with Gasteiger partial charge in [-0.2, -0.15) is 0 Å². The fourth-order valence-corrected chi connectivity index (χ4v) is 2.58. The molecule has 1 aromatic carbocycles. The first-order valence-corrected chi connectivity index (χ1v) is 7.34. The second-order valence-corrected chi connectivity index (χ2v) is 5.07. The number of rotatable bonds is 1. The van der Waals surface area contributed by atoms with Gasteiger partial charge < -0.3 is 24.8 Å². The number of hydrogen-bond donors (Lipinski definition) is 1. The van der Waals surface area contributed by atoms with Gasteiger partial charge >= 0.3 is 77.5 Å². The summed E-state index contributed by atoms with van der Waals surface area (Å²) in [4.78, 5) is 3.42. The van der Waals surface area contributed by atoms with Gasteiger partial charge in [0, 0.05) is 0 Å². The Kier molecular flexibility index (Phi) is 5.95. The summed E-state index contributed by atoms with van der Waals surface area (Å²) in [6.45, 7) is 0. The Hall–Kier alpha value is 0.223. The standard InChI is InChI=1S/C8H6N.CH3.2ClH.Zr/c1-2-4-8-7(3-1)5-6-9-8;;;;/h1-5,9H;1H3;2*1H;/q;;;;+2/p-2. The second kappa shape index (κ2) is 5.85. The van der Waals surface area contributed by atoms with Crippen LogP contribution in [0.25, 0.3) is 10.9 Å². The average Bonchev–Trinajstić information content (AvgIpc) is 2.46. The van der Waals surface area contributed by atoms with E-state index in [9.17, 15) is 0 Å². The zero-order valence-corrected chi connectivity index (χ0v) is 11.1. The van der Waals surface area contributed by atoms with Crippen molar-refractivity contribution >= 4 is 14.3 Å². The number of benzene rings is 1. The number of halogens is 2. The van der Waals surface area contributed by atoms with E-state index in [-0.39, 0.29) is 48.0 Å². The Labute approximate surface area is 102 Å². The Morgan fingerprint density at radius 3 is 2.46 bits per heavy atom. The van der Waals surface area contributed by atoms with Crippen LogP contribution in [0, 0.1) is 0 Å². The third-order valence-electron chi connectivity index (χ3n) is 1.80. The molecular formula is C9H9Cl2NZr. The number of H-pyrrole nitrogens is 1. The number of aromatic nitrogens is 1. The van der Waals surface area contributed by atoms with E-state index in [1.807, 2.05) is 0 Å². The van der Waals surface area contributed by atoms with Crippen LogP contribution in [0.1, 0.15) is 0 Å². The number of nitrogens with one attached hydrogen (secondary N) is 1. The largest absolute Gasteiger partial charge is 1.00 e. The number of hydrogen-bond acceptors (Lipinski definition) is 0. The van der Waals surface area contributed by atoms with Crippen LogP contribution < -0.4 is 28.2 Å². The first kappa shape index (κ1) is 13.2. The summed E-state index contributed by atoms with van der Waals surface area (Å²) in [7, 11) is 0. The Balaban J connectivity index is 0.000000720. The molecule has 1 nitrogen and oxygen atoms in total. The molecule has 0 bridgehead atoms. The maximum Gasteiger partial charge on any atom is -1.00 e. The molecule has 0 aliphatic heterocycles. The fourth-order valence-electron chi connectivity index (χ4n) is 1.21. The Bertz CT molecular complexity index is 339. The van der Waals surface area contributed by atoms with Crippen LogP contribution in [0.2, 0.25) is 4.63 Å². The van der Waals surface area contributed by atoms with Gasteiger partial charge in [-0.05, 0) is 0 Å². The van der Waals surface area contributed by atoms with Crippen molar-refractivity contribution in [2.75, 3.05) is 0 Å². The second-order valence-electron chi connectivity index (χ2n) is 2.52. The third kappa shape index (κ3) is 2.84. The van der Waals surface area contributed by atoms with E-state index in [0.29, 0.717) is 0 Å². The van der Waals surface area contributed by atoms with Gasteiger partial charge in [0.1, 0.15) is 0 Å². The molecule has 68 valence electrons. The minimum Gasteiger partial charge on any atom is -1.00 e. The van der Waals surface area contributed by atoms with Gasteiger partial charge in [-0.3, -0.25) is 0 Å². The van der Waals surface area contributed by atoms with E-state index in [1.165, 1.54) is 14.3 Å². The van der Waals surface area contributed by atoms with Crippen molar-refractivity contribution in [2.45, 2.75) is 4.63 Å². The molecule has 0 amide bonds. The van der Waals surface area contributed by atoms with Crippen LogP contribution >= 0.6 is 0 Å². The Morgan fingerprint density at radius 2 is 1.85 bits per heavy atom. The summed E-state index contributed by atoms with van der Waals surface area (Å²) in [5.74, 6) is 0. The first-order valence-electron chi connectivity index (χ1n) is 3.65. The third-order valence-corrected chi connectivity index (χ3v) is 3.79. The minimum absolute atomic E-state index is 0. The molecule has 0 unspecified atom stereocenters. The van der Waals surface area contributed by atoms with Crippen molar-refractivity contribution in [1.82, 2.24) is 4.98 Å². The van der Waals surface area contributed by atoms with Crippen LogP contribution in [-0.4, -0.2) is 4.98 Å². The predicted molar refractivity (Wildman–Crippen MR) is 43.8 cm³/mol. The molecule has 0 saturated heterocycles. The molecule has 0 aliphatic rings. The molecule has 0 spiro atoms. The summed E-state index contributed by atoms with van der Waals surface area (Å²) in [6.07, 6.45) is 0. The average molecular weight is 293 g/mol. The molecule has 0 saturated carbocycles. The van der Waals surface area contributed by atoms with Crippen LogP contribution in [0.5, 0.6) is 0 Å². The van der Waals surface area contributed by atoms with Gasteiger partial charge in [0.15, 0.2) is 0 Å². The molecule has 0 radical (unpaired) electrons. The fraction of sp³-hybridized carbons (Fsp3) is 0.111. The van der Waals surface area contributed by atoms with E-state index in [1.54, 1.807) is 0 Å². The zero-order valence-electron chi connectivity index (χ0n) is 7.14. The van der Waals surface area contributed by atoms with Gasteiger partial charge in [0.25, 0.3) is 0 Å². The van der Waals surface area contributed by atoms with Crippen molar-refractivity contribution < 1.29 is 48.0 Å². The van der Waals surface area contributed by atoms with Gasteiger partial charge in [0.2, 0.25) is 0 Å². The Morgan fingerprint density at radius 1 is 1.15 bits per heavy atom. The number of para-hydroxylation sites is 1. The summed E-state index contributed by atoms with van der Waals surface area (Å²) in [5, 5.41) is 1.35. The molecule has 4 heteroatoms. The van der Waals surface area contributed by atoms with Crippen LogP contribution in [0.3, 0.4) is 0 Å². The topological polar surface area (TPSA) is 15.8 Å². The van der Waals surface area contributed by atoms with Crippen molar-refractivity contribution in [3.05, 3.63) is 30.3 Å². The molecule has 2 aromatic rings. The minimum atomic E-state index is -0.270. The smallest absolute Gasteiger partial charge is 1.00 e. The predicted octanol–water partition coefficient (Wildman–Crippen LogP) is -4.07. The molecule has 13 heavy (non-hydrogen) atoms. The SMILES string of the molecule is [CH3][Zr+2][c]1cc2ccccc2[nH]1.[Cl-].[Cl-]. The van der Waals surface area contributed by atoms with E-state index >= 15 is 0 Å². The van der Waals surface area contributed by atoms with Gasteiger partial charge in [0.05, 0.1) is 0 Å². The monoisotopic (exact) mass is 291 g/mol. The van der Waals surface area contributed by atoms with E-state index < -0.39 is 0 Å². The summed E-state index contributed by atoms with van der Waals surface area (Å²) >= 11 is -0.270. The zero-order chi connectivity index (χ0) is 7.68. The van der Waals surface area contributed by atoms with Crippen LogP contribution in [-0.2, 0) is 23.2 Å². The van der Waals surface area contributed by atoms with Crippen molar-refractivity contribution in [3.63, 3.8) is 0 Å². The molecule has 1 aromatic heterocycles. The summed E-state index contributed by atoms with van der Waals surface area (Å²) < 4.78 is 3.81. The van der Waals surface area contributed by atoms with Gasteiger partial charge in [-0.25, -0.2) is 0 Å². The van der Waals surface area contributed by atoms with Gasteiger partial charge in [-0.1, -0.05) is 0 Å². The van der Waals surface area contributed by atoms with Crippen molar-refractivity contribution in [3.8, 4) is 0 Å².